The summed E-state index contributed by atoms with van der Waals surface area (Å²) in [5, 5.41) is 0. The van der Waals surface area contributed by atoms with Gasteiger partial charge in [-0.2, -0.15) is 0 Å². The highest BCUT2D eigenvalue weighted by molar-refractivity contribution is 5.31. The van der Waals surface area contributed by atoms with E-state index in [2.05, 4.69) is 0 Å². The summed E-state index contributed by atoms with van der Waals surface area (Å²) in [6, 6.07) is 8.71. The van der Waals surface area contributed by atoms with Crippen LogP contribution in [0, 0.1) is 12.7 Å². The Hall–Kier alpha value is -1.85. The lowest BCUT2D eigenvalue weighted by Gasteiger charge is -2.26. The number of hydrogen-bond acceptors (Lipinski definition) is 4. The molecule has 0 saturated heterocycles. The van der Waals surface area contributed by atoms with Crippen LogP contribution in [0.5, 0.6) is 5.75 Å². The summed E-state index contributed by atoms with van der Waals surface area (Å²) in [7, 11) is 3.39. The Morgan fingerprint density at radius 3 is 2.62 bits per heavy atom. The van der Waals surface area contributed by atoms with Crippen molar-refractivity contribution in [3.63, 3.8) is 0 Å². The molecule has 0 spiro atoms. The zero-order chi connectivity index (χ0) is 15.4. The molecular weight excluding hydrogens is 271 g/mol. The Morgan fingerprint density at radius 2 is 2.10 bits per heavy atom. The maximum atomic E-state index is 13.8. The number of ether oxygens (including phenoxy) is 1. The Balaban J connectivity index is 2.16. The molecule has 21 heavy (non-hydrogen) atoms. The van der Waals surface area contributed by atoms with Crippen LogP contribution in [0.15, 0.2) is 34.7 Å². The zero-order valence-corrected chi connectivity index (χ0v) is 12.6. The fourth-order valence-corrected chi connectivity index (χ4v) is 2.39. The lowest BCUT2D eigenvalue weighted by molar-refractivity contribution is 0.221. The molecule has 0 aliphatic carbocycles. The van der Waals surface area contributed by atoms with E-state index < -0.39 is 0 Å². The Labute approximate surface area is 124 Å². The fraction of sp³-hybridized carbons (Fsp3) is 0.375. The smallest absolute Gasteiger partial charge is 0.165 e. The molecule has 2 N–H and O–H groups in total. The first-order valence-electron chi connectivity index (χ1n) is 6.84. The van der Waals surface area contributed by atoms with E-state index in [1.54, 1.807) is 6.07 Å². The van der Waals surface area contributed by atoms with Crippen molar-refractivity contribution in [2.75, 3.05) is 20.7 Å². The van der Waals surface area contributed by atoms with Crippen LogP contribution in [0.1, 0.15) is 23.1 Å². The molecule has 1 heterocycles. The van der Waals surface area contributed by atoms with Crippen LogP contribution in [0.4, 0.5) is 4.39 Å². The minimum atomic E-state index is -0.379. The predicted octanol–water partition coefficient (Wildman–Crippen LogP) is 2.87. The highest BCUT2D eigenvalue weighted by atomic mass is 19.1. The third kappa shape index (κ3) is 3.62. The van der Waals surface area contributed by atoms with Gasteiger partial charge in [0.05, 0.1) is 13.7 Å². The summed E-state index contributed by atoms with van der Waals surface area (Å²) < 4.78 is 24.3. The summed E-state index contributed by atoms with van der Waals surface area (Å²) in [6.45, 7) is 2.91. The quantitative estimate of drug-likeness (QED) is 0.889. The van der Waals surface area contributed by atoms with Crippen molar-refractivity contribution in [2.24, 2.45) is 5.73 Å². The molecule has 0 radical (unpaired) electrons. The van der Waals surface area contributed by atoms with E-state index in [9.17, 15) is 4.39 Å². The summed E-state index contributed by atoms with van der Waals surface area (Å²) >= 11 is 0. The Bertz CT molecular complexity index is 598. The van der Waals surface area contributed by atoms with E-state index in [0.717, 1.165) is 17.1 Å². The maximum Gasteiger partial charge on any atom is 0.165 e. The summed E-state index contributed by atoms with van der Waals surface area (Å²) in [4.78, 5) is 2.04. The topological polar surface area (TPSA) is 51.6 Å². The molecule has 2 rings (SSSR count). The molecular formula is C16H21FN2O2. The number of methoxy groups -OCH3 is 1. The number of nitrogens with two attached hydrogens (primary N) is 1. The Kier molecular flexibility index (Phi) is 4.98. The minimum absolute atomic E-state index is 0.0872. The van der Waals surface area contributed by atoms with Crippen LogP contribution in [0.2, 0.25) is 0 Å². The third-order valence-corrected chi connectivity index (χ3v) is 3.52. The van der Waals surface area contributed by atoms with Gasteiger partial charge in [-0.1, -0.05) is 6.07 Å². The molecule has 0 saturated carbocycles. The van der Waals surface area contributed by atoms with E-state index in [-0.39, 0.29) is 17.6 Å². The average Bonchev–Trinajstić information content (AvgIpc) is 2.85. The van der Waals surface area contributed by atoms with Gasteiger partial charge in [0.2, 0.25) is 0 Å². The van der Waals surface area contributed by atoms with Gasteiger partial charge in [-0.3, -0.25) is 4.90 Å². The molecule has 0 aliphatic heterocycles. The van der Waals surface area contributed by atoms with Crippen molar-refractivity contribution in [1.82, 2.24) is 4.90 Å². The summed E-state index contributed by atoms with van der Waals surface area (Å²) in [5.41, 5.74) is 6.68. The number of rotatable bonds is 6. The van der Waals surface area contributed by atoms with Crippen molar-refractivity contribution >= 4 is 0 Å². The molecule has 5 heteroatoms. The number of aryl methyl sites for hydroxylation is 1. The standard InChI is InChI=1S/C16H21FN2O2/c1-11-4-6-13(21-11)10-19(2)15(9-18)12-5-7-16(20-3)14(17)8-12/h4-8,15H,9-10,18H2,1-3H3. The molecule has 0 bridgehead atoms. The zero-order valence-electron chi connectivity index (χ0n) is 12.6. The second kappa shape index (κ2) is 6.74. The molecule has 1 atom stereocenters. The summed E-state index contributed by atoms with van der Waals surface area (Å²) in [5.74, 6) is 1.59. The highest BCUT2D eigenvalue weighted by Crippen LogP contribution is 2.25. The lowest BCUT2D eigenvalue weighted by atomic mass is 10.1. The molecule has 1 aromatic carbocycles. The number of halogens is 1. The lowest BCUT2D eigenvalue weighted by Crippen LogP contribution is -2.30. The van der Waals surface area contributed by atoms with Crippen molar-refractivity contribution < 1.29 is 13.5 Å². The molecule has 2 aromatic rings. The van der Waals surface area contributed by atoms with Crippen molar-refractivity contribution in [3.8, 4) is 5.75 Å². The van der Waals surface area contributed by atoms with Gasteiger partial charge in [0.25, 0.3) is 0 Å². The second-order valence-electron chi connectivity index (χ2n) is 5.07. The van der Waals surface area contributed by atoms with Gasteiger partial charge in [-0.15, -0.1) is 0 Å². The largest absolute Gasteiger partial charge is 0.494 e. The minimum Gasteiger partial charge on any atom is -0.494 e. The van der Waals surface area contributed by atoms with Gasteiger partial charge in [-0.25, -0.2) is 4.39 Å². The molecule has 1 unspecified atom stereocenters. The number of benzene rings is 1. The van der Waals surface area contributed by atoms with E-state index in [4.69, 9.17) is 14.9 Å². The molecule has 114 valence electrons. The van der Waals surface area contributed by atoms with Crippen LogP contribution >= 0.6 is 0 Å². The first-order valence-corrected chi connectivity index (χ1v) is 6.84. The van der Waals surface area contributed by atoms with Gasteiger partial charge < -0.3 is 14.9 Å². The number of hydrogen-bond donors (Lipinski definition) is 1. The number of furan rings is 1. The van der Waals surface area contributed by atoms with Crippen molar-refractivity contribution in [2.45, 2.75) is 19.5 Å². The first-order chi connectivity index (χ1) is 10.0. The average molecular weight is 292 g/mol. The number of likely N-dealkylation sites (N-methyl/N-ethyl adjacent to an activating group) is 1. The SMILES string of the molecule is COc1ccc(C(CN)N(C)Cc2ccc(C)o2)cc1F. The van der Waals surface area contributed by atoms with Crippen LogP contribution in [-0.2, 0) is 6.54 Å². The van der Waals surface area contributed by atoms with Gasteiger partial charge in [0, 0.05) is 12.6 Å². The van der Waals surface area contributed by atoms with Crippen molar-refractivity contribution in [1.29, 1.82) is 0 Å². The molecule has 4 nitrogen and oxygen atoms in total. The molecule has 1 aromatic heterocycles. The van der Waals surface area contributed by atoms with Gasteiger partial charge in [0.1, 0.15) is 11.5 Å². The van der Waals surface area contributed by atoms with Crippen LogP contribution in [0.3, 0.4) is 0 Å². The van der Waals surface area contributed by atoms with E-state index in [1.165, 1.54) is 13.2 Å². The maximum absolute atomic E-state index is 13.8. The summed E-state index contributed by atoms with van der Waals surface area (Å²) in [6.07, 6.45) is 0. The monoisotopic (exact) mass is 292 g/mol. The van der Waals surface area contributed by atoms with Crippen LogP contribution < -0.4 is 10.5 Å². The molecule has 0 fully saturated rings. The second-order valence-corrected chi connectivity index (χ2v) is 5.07. The highest BCUT2D eigenvalue weighted by Gasteiger charge is 2.18. The first kappa shape index (κ1) is 15.5. The van der Waals surface area contributed by atoms with Gasteiger partial charge >= 0.3 is 0 Å². The van der Waals surface area contributed by atoms with E-state index >= 15 is 0 Å². The molecule has 0 amide bonds. The fourth-order valence-electron chi connectivity index (χ4n) is 2.39. The van der Waals surface area contributed by atoms with Crippen molar-refractivity contribution in [3.05, 3.63) is 53.2 Å². The normalized spacial score (nSPS) is 12.7. The van der Waals surface area contributed by atoms with Gasteiger partial charge in [0.15, 0.2) is 11.6 Å². The third-order valence-electron chi connectivity index (χ3n) is 3.52. The van der Waals surface area contributed by atoms with Crippen LogP contribution in [0.25, 0.3) is 0 Å². The van der Waals surface area contributed by atoms with E-state index in [0.29, 0.717) is 13.1 Å². The van der Waals surface area contributed by atoms with Gasteiger partial charge in [-0.05, 0) is 43.8 Å². The molecule has 0 aliphatic rings. The number of nitrogens with zero attached hydrogens (tertiary/aromatic N) is 1. The Morgan fingerprint density at radius 1 is 1.33 bits per heavy atom. The van der Waals surface area contributed by atoms with E-state index in [1.807, 2.05) is 37.1 Å². The van der Waals surface area contributed by atoms with Crippen LogP contribution in [-0.4, -0.2) is 25.6 Å². The predicted molar refractivity (Wildman–Crippen MR) is 79.7 cm³/mol.